The number of epoxide rings is 1. The molecule has 3 N–H and O–H groups in total. The Hall–Kier alpha value is -1.73. The van der Waals surface area contributed by atoms with Gasteiger partial charge in [-0.25, -0.2) is 0 Å². The number of hydrogen-bond acceptors (Lipinski definition) is 5. The molecule has 4 fully saturated rings. The molecule has 0 bridgehead atoms. The summed E-state index contributed by atoms with van der Waals surface area (Å²) in [5.74, 6) is -2.15. The summed E-state index contributed by atoms with van der Waals surface area (Å²) in [5.41, 5.74) is -2.97. The van der Waals surface area contributed by atoms with Crippen LogP contribution in [0.3, 0.4) is 0 Å². The molecule has 4 aliphatic carbocycles. The average Bonchev–Trinajstić information content (AvgIpc) is 3.34. The molecule has 0 amide bonds. The number of ketones is 1. The Kier molecular flexibility index (Phi) is 4.08. The first-order valence-corrected chi connectivity index (χ1v) is 11.4. The topological polar surface area (TPSA) is 124 Å². The summed E-state index contributed by atoms with van der Waals surface area (Å²) in [6.07, 6.45) is 4.69. The van der Waals surface area contributed by atoms with Gasteiger partial charge in [0.05, 0.1) is 17.1 Å². The zero-order chi connectivity index (χ0) is 22.6. The van der Waals surface area contributed by atoms with Gasteiger partial charge in [0.2, 0.25) is 0 Å². The van der Waals surface area contributed by atoms with Gasteiger partial charge in [-0.15, -0.1) is 0 Å². The van der Waals surface area contributed by atoms with E-state index in [9.17, 15) is 29.7 Å². The summed E-state index contributed by atoms with van der Waals surface area (Å²) in [6.45, 7) is 5.92. The summed E-state index contributed by atoms with van der Waals surface area (Å²) in [5, 5.41) is 31.3. The van der Waals surface area contributed by atoms with Crippen LogP contribution in [-0.2, 0) is 19.1 Å². The highest BCUT2D eigenvalue weighted by Crippen LogP contribution is 2.79. The van der Waals surface area contributed by atoms with Crippen molar-refractivity contribution >= 4 is 17.7 Å². The summed E-state index contributed by atoms with van der Waals surface area (Å²) >= 11 is 0. The Morgan fingerprint density at radius 2 is 1.90 bits per heavy atom. The minimum Gasteiger partial charge on any atom is -0.481 e. The van der Waals surface area contributed by atoms with Gasteiger partial charge >= 0.3 is 11.9 Å². The van der Waals surface area contributed by atoms with Crippen molar-refractivity contribution in [1.82, 2.24) is 0 Å². The Bertz CT molecular complexity index is 925. The first-order valence-electron chi connectivity index (χ1n) is 11.4. The number of carbonyl (C=O) groups is 3. The van der Waals surface area contributed by atoms with Crippen molar-refractivity contribution in [3.63, 3.8) is 0 Å². The number of carbonyl (C=O) groups excluding carboxylic acids is 1. The van der Waals surface area contributed by atoms with E-state index in [1.165, 1.54) is 0 Å². The van der Waals surface area contributed by atoms with Gasteiger partial charge in [-0.05, 0) is 57.4 Å². The Balaban J connectivity index is 1.63. The van der Waals surface area contributed by atoms with E-state index in [-0.39, 0.29) is 42.0 Å². The van der Waals surface area contributed by atoms with Crippen LogP contribution in [0.1, 0.15) is 72.1 Å². The van der Waals surface area contributed by atoms with Gasteiger partial charge in [0.25, 0.3) is 0 Å². The molecule has 7 nitrogen and oxygen atoms in total. The van der Waals surface area contributed by atoms with Crippen LogP contribution in [-0.4, -0.2) is 50.3 Å². The zero-order valence-corrected chi connectivity index (χ0v) is 18.4. The van der Waals surface area contributed by atoms with Crippen molar-refractivity contribution in [2.45, 2.75) is 89.4 Å². The van der Waals surface area contributed by atoms with Crippen LogP contribution in [0, 0.1) is 28.1 Å². The van der Waals surface area contributed by atoms with Gasteiger partial charge in [-0.1, -0.05) is 19.4 Å². The van der Waals surface area contributed by atoms with E-state index in [0.29, 0.717) is 38.5 Å². The average molecular weight is 433 g/mol. The van der Waals surface area contributed by atoms with E-state index in [4.69, 9.17) is 4.74 Å². The monoisotopic (exact) mass is 432 g/mol. The lowest BCUT2D eigenvalue weighted by Gasteiger charge is -2.61. The first-order chi connectivity index (χ1) is 14.3. The molecule has 0 aromatic heterocycles. The van der Waals surface area contributed by atoms with Gasteiger partial charge in [-0.3, -0.25) is 14.4 Å². The van der Waals surface area contributed by atoms with Crippen molar-refractivity contribution in [1.29, 1.82) is 0 Å². The molecular formula is C24H32O7. The van der Waals surface area contributed by atoms with Crippen LogP contribution in [0.15, 0.2) is 11.6 Å². The maximum atomic E-state index is 12.7. The van der Waals surface area contributed by atoms with Crippen LogP contribution >= 0.6 is 0 Å². The molecule has 1 spiro atoms. The summed E-state index contributed by atoms with van der Waals surface area (Å²) < 4.78 is 6.50. The van der Waals surface area contributed by atoms with E-state index in [1.807, 2.05) is 6.92 Å². The van der Waals surface area contributed by atoms with Crippen LogP contribution < -0.4 is 0 Å². The molecule has 0 aromatic rings. The second-order valence-corrected chi connectivity index (χ2v) is 11.4. The smallest absolute Gasteiger partial charge is 0.310 e. The second kappa shape index (κ2) is 5.98. The fourth-order valence-corrected chi connectivity index (χ4v) is 8.41. The molecule has 8 atom stereocenters. The highest BCUT2D eigenvalue weighted by molar-refractivity contribution is 5.92. The number of hydrogen-bond donors (Lipinski definition) is 3. The van der Waals surface area contributed by atoms with Crippen molar-refractivity contribution in [2.75, 3.05) is 0 Å². The van der Waals surface area contributed by atoms with E-state index in [0.717, 1.165) is 5.57 Å². The fourth-order valence-electron chi connectivity index (χ4n) is 8.41. The standard InChI is InChI=1S/C24H32O7/c1-20(19(28)29)11-13-10-14(25)4-7-21(13,2)24-16(31-24)12-22(3)15(18(20)24)5-8-23(22,30)9-6-17(26)27/h10,15-16,18,30H,4-9,11-12H2,1-3H3,(H,26,27)(H,28,29)/t15-,16+,18+,20-,21+,22+,23-,24-/m1/s1. The third-order valence-electron chi connectivity index (χ3n) is 10.2. The molecule has 1 aliphatic heterocycles. The number of rotatable bonds is 4. The first kappa shape index (κ1) is 21.1. The van der Waals surface area contributed by atoms with E-state index in [2.05, 4.69) is 6.92 Å². The van der Waals surface area contributed by atoms with Crippen molar-refractivity contribution in [2.24, 2.45) is 28.1 Å². The summed E-state index contributed by atoms with van der Waals surface area (Å²) in [6, 6.07) is 0. The van der Waals surface area contributed by atoms with Gasteiger partial charge in [0.1, 0.15) is 5.60 Å². The van der Waals surface area contributed by atoms with Crippen LogP contribution in [0.5, 0.6) is 0 Å². The highest BCUT2D eigenvalue weighted by atomic mass is 16.6. The van der Waals surface area contributed by atoms with Crippen LogP contribution in [0.2, 0.25) is 0 Å². The predicted octanol–water partition coefficient (Wildman–Crippen LogP) is 2.95. The summed E-state index contributed by atoms with van der Waals surface area (Å²) in [7, 11) is 0. The van der Waals surface area contributed by atoms with Crippen molar-refractivity contribution in [3.8, 4) is 0 Å². The highest BCUT2D eigenvalue weighted by Gasteiger charge is 2.84. The Morgan fingerprint density at radius 1 is 1.19 bits per heavy atom. The van der Waals surface area contributed by atoms with Gasteiger partial charge in [-0.2, -0.15) is 0 Å². The third-order valence-corrected chi connectivity index (χ3v) is 10.2. The lowest BCUT2D eigenvalue weighted by atomic mass is 9.40. The maximum Gasteiger partial charge on any atom is 0.310 e. The van der Waals surface area contributed by atoms with Crippen molar-refractivity contribution in [3.05, 3.63) is 11.6 Å². The quantitative estimate of drug-likeness (QED) is 0.583. The number of ether oxygens (including phenoxy) is 1. The molecule has 1 heterocycles. The molecule has 0 unspecified atom stereocenters. The minimum atomic E-state index is -1.15. The molecule has 170 valence electrons. The molecular weight excluding hydrogens is 400 g/mol. The lowest BCUT2D eigenvalue weighted by Crippen LogP contribution is -2.66. The largest absolute Gasteiger partial charge is 0.481 e. The zero-order valence-electron chi connectivity index (χ0n) is 18.4. The molecule has 0 aromatic carbocycles. The third kappa shape index (κ3) is 2.34. The maximum absolute atomic E-state index is 12.7. The molecule has 5 aliphatic rings. The SMILES string of the molecule is C[C@@]1(C(=O)O)CC2=CC(=O)CC[C@]2(C)[C@@]23O[C@H]2C[C@@]2(C)[C@H](CC[C@@]2(O)CCC(=O)O)[C@H]31. The molecule has 0 radical (unpaired) electrons. The normalized spacial score (nSPS) is 52.3. The number of carboxylic acids is 2. The molecule has 3 saturated carbocycles. The molecule has 7 heteroatoms. The van der Waals surface area contributed by atoms with Crippen molar-refractivity contribution < 1.29 is 34.4 Å². The fraction of sp³-hybridized carbons (Fsp3) is 0.792. The van der Waals surface area contributed by atoms with Gasteiger partial charge in [0.15, 0.2) is 5.78 Å². The van der Waals surface area contributed by atoms with E-state index < -0.39 is 34.0 Å². The number of carboxylic acid groups (broad SMARTS) is 2. The predicted molar refractivity (Wildman–Crippen MR) is 109 cm³/mol. The van der Waals surface area contributed by atoms with Crippen LogP contribution in [0.4, 0.5) is 0 Å². The number of aliphatic carboxylic acids is 2. The molecule has 31 heavy (non-hydrogen) atoms. The Morgan fingerprint density at radius 3 is 2.55 bits per heavy atom. The number of fused-ring (bicyclic) bond motifs is 3. The molecule has 5 rings (SSSR count). The lowest BCUT2D eigenvalue weighted by molar-refractivity contribution is -0.176. The van der Waals surface area contributed by atoms with E-state index in [1.54, 1.807) is 13.0 Å². The second-order valence-electron chi connectivity index (χ2n) is 11.4. The van der Waals surface area contributed by atoms with Gasteiger partial charge < -0.3 is 20.1 Å². The summed E-state index contributed by atoms with van der Waals surface area (Å²) in [4.78, 5) is 36.2. The molecule has 1 saturated heterocycles. The minimum absolute atomic E-state index is 0.0526. The van der Waals surface area contributed by atoms with Gasteiger partial charge in [0, 0.05) is 29.6 Å². The number of aliphatic hydroxyl groups is 1. The Labute approximate surface area is 181 Å². The van der Waals surface area contributed by atoms with E-state index >= 15 is 0 Å². The van der Waals surface area contributed by atoms with Crippen LogP contribution in [0.25, 0.3) is 0 Å².